The normalized spacial score (nSPS) is 47.0. The minimum atomic E-state index is -1.61. The summed E-state index contributed by atoms with van der Waals surface area (Å²) in [4.78, 5) is 25.1. The van der Waals surface area contributed by atoms with Crippen LogP contribution in [0.3, 0.4) is 0 Å². The second kappa shape index (κ2) is 18.4. The Kier molecular flexibility index (Phi) is 15.1. The number of carbonyl (C=O) groups excluding carboxylic acids is 2. The van der Waals surface area contributed by atoms with Crippen LogP contribution < -0.4 is 55.7 Å². The number of amides is 4. The molecule has 0 spiro atoms. The van der Waals surface area contributed by atoms with Gasteiger partial charge in [0.25, 0.3) is 0 Å². The van der Waals surface area contributed by atoms with Gasteiger partial charge in [-0.1, -0.05) is 0 Å². The SMILES string of the molecule is NC[C@H]1O[C@H](O[C@@H]2[C@@H](O)[C@H](O)[C@@H](NC(=O)NCCNC(=O)N[C@H]3C[C@@H](N)[C@H](O[C@H]4O[C@H](CN)[C@@H](O)[C@H](O)[C@H]4N)[C@@H](O)[C@@H]3O)C[C@H]2N)[C@H](N)[C@@H](O)[C@@H]1O. The van der Waals surface area contributed by atoms with Gasteiger partial charge in [-0.15, -0.1) is 0 Å². The zero-order valence-electron chi connectivity index (χ0n) is 28.3. The summed E-state index contributed by atoms with van der Waals surface area (Å²) < 4.78 is 22.5. The molecule has 2 saturated heterocycles. The molecule has 0 unspecified atom stereocenters. The van der Waals surface area contributed by atoms with E-state index >= 15 is 0 Å². The molecule has 2 heterocycles. The summed E-state index contributed by atoms with van der Waals surface area (Å²) in [6.07, 6.45) is -19.0. The Morgan fingerprint density at radius 2 is 0.904 bits per heavy atom. The van der Waals surface area contributed by atoms with E-state index in [4.69, 9.17) is 53.3 Å². The number of nitrogens with two attached hydrogens (primary N) is 6. The van der Waals surface area contributed by atoms with Gasteiger partial charge in [0.15, 0.2) is 12.6 Å². The molecular weight excluding hydrogens is 700 g/mol. The van der Waals surface area contributed by atoms with Crippen molar-refractivity contribution in [3.05, 3.63) is 0 Å². The van der Waals surface area contributed by atoms with E-state index in [9.17, 15) is 50.4 Å². The molecule has 2 saturated carbocycles. The molecule has 24 heteroatoms. The molecule has 0 aromatic rings. The van der Waals surface area contributed by atoms with Crippen LogP contribution in [0.25, 0.3) is 0 Å². The lowest BCUT2D eigenvalue weighted by atomic mass is 9.84. The van der Waals surface area contributed by atoms with Crippen molar-refractivity contribution in [1.29, 1.82) is 0 Å². The van der Waals surface area contributed by atoms with Crippen molar-refractivity contribution in [1.82, 2.24) is 21.3 Å². The average Bonchev–Trinajstić information content (AvgIpc) is 3.11. The number of ether oxygens (including phenoxy) is 4. The van der Waals surface area contributed by atoms with Crippen LogP contribution in [0.2, 0.25) is 0 Å². The van der Waals surface area contributed by atoms with Gasteiger partial charge in [-0.2, -0.15) is 0 Å². The lowest BCUT2D eigenvalue weighted by Gasteiger charge is -2.46. The second-order valence-electron chi connectivity index (χ2n) is 13.7. The molecule has 302 valence electrons. The fourth-order valence-electron chi connectivity index (χ4n) is 6.80. The molecule has 4 rings (SSSR count). The van der Waals surface area contributed by atoms with E-state index in [1.54, 1.807) is 0 Å². The zero-order valence-corrected chi connectivity index (χ0v) is 28.3. The quantitative estimate of drug-likeness (QED) is 0.0870. The third-order valence-electron chi connectivity index (χ3n) is 9.97. The molecule has 4 aliphatic rings. The molecule has 0 bridgehead atoms. The van der Waals surface area contributed by atoms with Crippen molar-refractivity contribution in [3.63, 3.8) is 0 Å². The molecular formula is C28H56N10O14. The predicted octanol–water partition coefficient (Wildman–Crippen LogP) is -10.5. The molecule has 2 aliphatic carbocycles. The first-order chi connectivity index (χ1) is 24.5. The van der Waals surface area contributed by atoms with Gasteiger partial charge in [-0.25, -0.2) is 9.59 Å². The lowest BCUT2D eigenvalue weighted by molar-refractivity contribution is -0.288. The standard InChI is InChI=1S/C28H56N10O14/c29-5-11-17(41)19(43)13(33)25(49-11)51-23-7(31)3-9(15(39)21(23)45)37-27(47)35-1-2-36-28(48)38-10-4-8(32)24(22(46)16(10)40)52-26-14(34)20(44)18(42)12(6-30)50-26/h7-26,39-46H,1-6,29-34H2,(H2,35,37,47)(H2,36,38,48)/t7-,8-,9+,10+,11-,12-,13-,14-,15-,16-,17-,18-,19-,20-,21+,22+,23+,24+,25-,26-/m1/s1. The first kappa shape index (κ1) is 42.6. The minimum absolute atomic E-state index is 0.0478. The maximum Gasteiger partial charge on any atom is 0.315 e. The van der Waals surface area contributed by atoms with Crippen LogP contribution in [0.15, 0.2) is 0 Å². The number of hydrogen-bond donors (Lipinski definition) is 18. The molecule has 20 atom stereocenters. The van der Waals surface area contributed by atoms with Gasteiger partial charge in [0.1, 0.15) is 73.2 Å². The Morgan fingerprint density at radius 3 is 1.23 bits per heavy atom. The highest BCUT2D eigenvalue weighted by atomic mass is 16.7. The molecule has 4 amide bonds. The molecule has 0 aromatic carbocycles. The Bertz CT molecular complexity index is 1080. The molecule has 0 aromatic heterocycles. The van der Waals surface area contributed by atoms with Gasteiger partial charge in [0, 0.05) is 38.3 Å². The molecule has 4 fully saturated rings. The maximum absolute atomic E-state index is 12.5. The van der Waals surface area contributed by atoms with Crippen molar-refractivity contribution >= 4 is 12.1 Å². The number of hydrogen-bond acceptors (Lipinski definition) is 20. The summed E-state index contributed by atoms with van der Waals surface area (Å²) in [5.41, 5.74) is 35.4. The van der Waals surface area contributed by atoms with Gasteiger partial charge in [-0.05, 0) is 12.8 Å². The Labute approximate surface area is 298 Å². The van der Waals surface area contributed by atoms with Crippen molar-refractivity contribution in [3.8, 4) is 0 Å². The van der Waals surface area contributed by atoms with E-state index in [0.29, 0.717) is 0 Å². The Balaban J connectivity index is 1.17. The van der Waals surface area contributed by atoms with Crippen LogP contribution in [0.1, 0.15) is 12.8 Å². The van der Waals surface area contributed by atoms with E-state index in [1.807, 2.05) is 0 Å². The van der Waals surface area contributed by atoms with Gasteiger partial charge >= 0.3 is 12.1 Å². The number of nitrogens with one attached hydrogen (secondary N) is 4. The first-order valence-corrected chi connectivity index (χ1v) is 17.1. The highest BCUT2D eigenvalue weighted by molar-refractivity contribution is 5.75. The second-order valence-corrected chi connectivity index (χ2v) is 13.7. The predicted molar refractivity (Wildman–Crippen MR) is 175 cm³/mol. The molecule has 2 aliphatic heterocycles. The van der Waals surface area contributed by atoms with Crippen LogP contribution >= 0.6 is 0 Å². The van der Waals surface area contributed by atoms with Crippen LogP contribution in [0.5, 0.6) is 0 Å². The van der Waals surface area contributed by atoms with Gasteiger partial charge < -0.3 is 115 Å². The summed E-state index contributed by atoms with van der Waals surface area (Å²) in [5, 5.41) is 93.4. The van der Waals surface area contributed by atoms with Gasteiger partial charge in [-0.3, -0.25) is 0 Å². The molecule has 52 heavy (non-hydrogen) atoms. The number of aliphatic hydroxyl groups excluding tert-OH is 8. The van der Waals surface area contributed by atoms with Crippen molar-refractivity contribution in [2.45, 2.75) is 135 Å². The third kappa shape index (κ3) is 9.54. The van der Waals surface area contributed by atoms with Crippen molar-refractivity contribution in [2.75, 3.05) is 26.2 Å². The van der Waals surface area contributed by atoms with Crippen LogP contribution in [0, 0.1) is 0 Å². The minimum Gasteiger partial charge on any atom is -0.388 e. The molecule has 24 N–H and O–H groups in total. The average molecular weight is 757 g/mol. The largest absolute Gasteiger partial charge is 0.388 e. The first-order valence-electron chi connectivity index (χ1n) is 17.1. The van der Waals surface area contributed by atoms with Crippen molar-refractivity contribution < 1.29 is 69.4 Å². The number of aliphatic hydroxyl groups is 8. The van der Waals surface area contributed by atoms with E-state index < -0.39 is 134 Å². The number of rotatable bonds is 11. The van der Waals surface area contributed by atoms with E-state index in [1.165, 1.54) is 0 Å². The van der Waals surface area contributed by atoms with Crippen LogP contribution in [0.4, 0.5) is 9.59 Å². The highest BCUT2D eigenvalue weighted by Crippen LogP contribution is 2.29. The third-order valence-corrected chi connectivity index (χ3v) is 9.97. The summed E-state index contributed by atoms with van der Waals surface area (Å²) in [6.45, 7) is -0.490. The van der Waals surface area contributed by atoms with Crippen molar-refractivity contribution in [2.24, 2.45) is 34.4 Å². The summed E-state index contributed by atoms with van der Waals surface area (Å²) >= 11 is 0. The lowest BCUT2D eigenvalue weighted by Crippen LogP contribution is -2.68. The summed E-state index contributed by atoms with van der Waals surface area (Å²) in [5.74, 6) is 0. The Hall–Kier alpha value is -2.18. The fraction of sp³-hybridized carbons (Fsp3) is 0.929. The van der Waals surface area contributed by atoms with Gasteiger partial charge in [0.05, 0.1) is 24.2 Å². The van der Waals surface area contributed by atoms with Crippen LogP contribution in [-0.4, -0.2) is 201 Å². The summed E-state index contributed by atoms with van der Waals surface area (Å²) in [7, 11) is 0. The molecule has 0 radical (unpaired) electrons. The smallest absolute Gasteiger partial charge is 0.315 e. The Morgan fingerprint density at radius 1 is 0.558 bits per heavy atom. The molecule has 24 nitrogen and oxygen atoms in total. The highest BCUT2D eigenvalue weighted by Gasteiger charge is 2.50. The van der Waals surface area contributed by atoms with E-state index in [0.717, 1.165) is 0 Å². The zero-order chi connectivity index (χ0) is 38.6. The summed E-state index contributed by atoms with van der Waals surface area (Å²) in [6, 6.07) is -7.82. The monoisotopic (exact) mass is 756 g/mol. The van der Waals surface area contributed by atoms with Gasteiger partial charge in [0.2, 0.25) is 0 Å². The topological polar surface area (TPSA) is 437 Å². The van der Waals surface area contributed by atoms with Crippen LogP contribution in [-0.2, 0) is 18.9 Å². The number of urea groups is 2. The fourth-order valence-corrected chi connectivity index (χ4v) is 6.80. The van der Waals surface area contributed by atoms with E-state index in [2.05, 4.69) is 21.3 Å². The number of carbonyl (C=O) groups is 2. The maximum atomic E-state index is 12.5. The van der Waals surface area contributed by atoms with E-state index in [-0.39, 0.29) is 39.0 Å².